The molecule has 35 heavy (non-hydrogen) atoms. The minimum absolute atomic E-state index is 0.0355. The largest absolute Gasteiger partial charge is 0.478 e. The number of ether oxygens (including phenoxy) is 2. The number of aryl methyl sites for hydroxylation is 2. The van der Waals surface area contributed by atoms with Gasteiger partial charge in [0.15, 0.2) is 0 Å². The fourth-order valence-corrected chi connectivity index (χ4v) is 4.87. The molecule has 2 aromatic carbocycles. The molecule has 178 valence electrons. The number of hydrogen-bond acceptors (Lipinski definition) is 5. The molecule has 0 bridgehead atoms. The quantitative estimate of drug-likeness (QED) is 0.379. The third-order valence-corrected chi connectivity index (χ3v) is 6.66. The first kappa shape index (κ1) is 22.8. The summed E-state index contributed by atoms with van der Waals surface area (Å²) in [4.78, 5) is 28.9. The molecular weight excluding hydrogens is 444 g/mol. The molecule has 7 heteroatoms. The van der Waals surface area contributed by atoms with Crippen LogP contribution in [0.25, 0.3) is 10.9 Å². The van der Waals surface area contributed by atoms with E-state index >= 15 is 0 Å². The van der Waals surface area contributed by atoms with Gasteiger partial charge in [-0.05, 0) is 55.3 Å². The standard InChI is InChI=1S/C28H26N2O5/c1-17-3-6-19(7-4-17)28(33)35-16-23-22(27(31)32)8-5-18(2)26(23)21-13-25(34-15-21)30-12-10-20-14-29-11-9-24(20)30/h3-12,14,21,25H,13,15-16H2,1-2H3,(H,31,32). The molecule has 5 rings (SSSR count). The van der Waals surface area contributed by atoms with Crippen LogP contribution in [0, 0.1) is 13.8 Å². The van der Waals surface area contributed by atoms with Crippen LogP contribution in [0.15, 0.2) is 67.1 Å². The summed E-state index contributed by atoms with van der Waals surface area (Å²) in [6.45, 7) is 4.22. The molecule has 1 saturated heterocycles. The van der Waals surface area contributed by atoms with Crippen molar-refractivity contribution in [1.29, 1.82) is 0 Å². The van der Waals surface area contributed by atoms with E-state index in [-0.39, 0.29) is 24.3 Å². The summed E-state index contributed by atoms with van der Waals surface area (Å²) in [5.74, 6) is -1.57. The fraction of sp³-hybridized carbons (Fsp3) is 0.250. The van der Waals surface area contributed by atoms with Crippen LogP contribution in [-0.4, -0.2) is 33.2 Å². The van der Waals surface area contributed by atoms with Gasteiger partial charge in [0.05, 0.1) is 23.3 Å². The Hall–Kier alpha value is -3.97. The molecular formula is C28H26N2O5. The second-order valence-electron chi connectivity index (χ2n) is 8.95. The molecule has 2 aromatic heterocycles. The molecule has 0 radical (unpaired) electrons. The lowest BCUT2D eigenvalue weighted by Gasteiger charge is -2.20. The number of aromatic carboxylic acids is 1. The molecule has 0 aliphatic carbocycles. The summed E-state index contributed by atoms with van der Waals surface area (Å²) in [6.07, 6.45) is 6.06. The highest BCUT2D eigenvalue weighted by Crippen LogP contribution is 2.40. The van der Waals surface area contributed by atoms with Crippen molar-refractivity contribution in [3.63, 3.8) is 0 Å². The monoisotopic (exact) mass is 470 g/mol. The van der Waals surface area contributed by atoms with E-state index in [0.29, 0.717) is 24.2 Å². The average Bonchev–Trinajstić information content (AvgIpc) is 3.50. The summed E-state index contributed by atoms with van der Waals surface area (Å²) < 4.78 is 13.9. The van der Waals surface area contributed by atoms with Crippen molar-refractivity contribution in [2.24, 2.45) is 0 Å². The zero-order valence-electron chi connectivity index (χ0n) is 19.6. The zero-order chi connectivity index (χ0) is 24.5. The van der Waals surface area contributed by atoms with Gasteiger partial charge in [0.25, 0.3) is 0 Å². The summed E-state index contributed by atoms with van der Waals surface area (Å²) in [6, 6.07) is 14.5. The van der Waals surface area contributed by atoms with Gasteiger partial charge < -0.3 is 19.1 Å². The number of carbonyl (C=O) groups is 2. The first-order valence-corrected chi connectivity index (χ1v) is 11.5. The molecule has 2 unspecified atom stereocenters. The van der Waals surface area contributed by atoms with Gasteiger partial charge in [-0.1, -0.05) is 23.8 Å². The number of carbonyl (C=O) groups excluding carboxylic acids is 1. The third-order valence-electron chi connectivity index (χ3n) is 6.66. The van der Waals surface area contributed by atoms with E-state index in [1.807, 2.05) is 56.6 Å². The molecule has 1 fully saturated rings. The van der Waals surface area contributed by atoms with E-state index in [1.54, 1.807) is 24.4 Å². The number of carboxylic acids is 1. The highest BCUT2D eigenvalue weighted by Gasteiger charge is 2.32. The van der Waals surface area contributed by atoms with Crippen LogP contribution in [0.4, 0.5) is 0 Å². The Bertz CT molecular complexity index is 1410. The Morgan fingerprint density at radius 1 is 1.11 bits per heavy atom. The predicted octanol–water partition coefficient (Wildman–Crippen LogP) is 5.41. The van der Waals surface area contributed by atoms with E-state index in [2.05, 4.69) is 9.55 Å². The van der Waals surface area contributed by atoms with Crippen LogP contribution in [-0.2, 0) is 16.1 Å². The summed E-state index contributed by atoms with van der Waals surface area (Å²) in [7, 11) is 0. The van der Waals surface area contributed by atoms with Gasteiger partial charge in [0.1, 0.15) is 12.8 Å². The van der Waals surface area contributed by atoms with Crippen molar-refractivity contribution in [2.75, 3.05) is 6.61 Å². The molecule has 4 aromatic rings. The molecule has 1 aliphatic rings. The number of pyridine rings is 1. The zero-order valence-corrected chi connectivity index (χ0v) is 19.6. The number of benzene rings is 2. The first-order chi connectivity index (χ1) is 16.9. The van der Waals surface area contributed by atoms with Crippen LogP contribution in [0.1, 0.15) is 61.5 Å². The Labute approximate surface area is 202 Å². The number of rotatable bonds is 6. The van der Waals surface area contributed by atoms with Gasteiger partial charge in [0.2, 0.25) is 0 Å². The van der Waals surface area contributed by atoms with E-state index < -0.39 is 11.9 Å². The number of nitrogens with zero attached hydrogens (tertiary/aromatic N) is 2. The van der Waals surface area contributed by atoms with Crippen molar-refractivity contribution in [2.45, 2.75) is 39.0 Å². The van der Waals surface area contributed by atoms with Gasteiger partial charge >= 0.3 is 11.9 Å². The topological polar surface area (TPSA) is 90.7 Å². The van der Waals surface area contributed by atoms with Crippen LogP contribution in [0.2, 0.25) is 0 Å². The van der Waals surface area contributed by atoms with Crippen molar-refractivity contribution >= 4 is 22.8 Å². The van der Waals surface area contributed by atoms with E-state index in [0.717, 1.165) is 27.6 Å². The summed E-state index contributed by atoms with van der Waals surface area (Å²) in [5.41, 5.74) is 5.00. The Morgan fingerprint density at radius 3 is 2.69 bits per heavy atom. The number of aromatic nitrogens is 2. The predicted molar refractivity (Wildman–Crippen MR) is 131 cm³/mol. The van der Waals surface area contributed by atoms with E-state index in [9.17, 15) is 14.7 Å². The first-order valence-electron chi connectivity index (χ1n) is 11.5. The SMILES string of the molecule is Cc1ccc(C(=O)OCc2c(C(=O)O)ccc(C)c2C2COC(n3ccc4cnccc43)C2)cc1. The number of hydrogen-bond donors (Lipinski definition) is 1. The maximum absolute atomic E-state index is 12.7. The van der Waals surface area contributed by atoms with Crippen LogP contribution < -0.4 is 0 Å². The Morgan fingerprint density at radius 2 is 1.91 bits per heavy atom. The van der Waals surface area contributed by atoms with Crippen LogP contribution >= 0.6 is 0 Å². The van der Waals surface area contributed by atoms with Gasteiger partial charge in [-0.25, -0.2) is 9.59 Å². The maximum Gasteiger partial charge on any atom is 0.338 e. The third kappa shape index (κ3) is 4.42. The number of esters is 1. The number of fused-ring (bicyclic) bond motifs is 1. The van der Waals surface area contributed by atoms with E-state index in [1.165, 1.54) is 0 Å². The molecule has 0 amide bonds. The van der Waals surface area contributed by atoms with Gasteiger partial charge in [-0.2, -0.15) is 0 Å². The van der Waals surface area contributed by atoms with E-state index in [4.69, 9.17) is 9.47 Å². The lowest BCUT2D eigenvalue weighted by atomic mass is 9.86. The lowest BCUT2D eigenvalue weighted by molar-refractivity contribution is 0.0463. The average molecular weight is 471 g/mol. The molecule has 0 saturated carbocycles. The second kappa shape index (κ2) is 9.35. The van der Waals surface area contributed by atoms with Gasteiger partial charge in [-0.3, -0.25) is 4.98 Å². The molecule has 0 spiro atoms. The Balaban J connectivity index is 1.43. The van der Waals surface area contributed by atoms with Crippen molar-refractivity contribution in [3.8, 4) is 0 Å². The summed E-state index contributed by atoms with van der Waals surface area (Å²) in [5, 5.41) is 10.9. The molecule has 2 atom stereocenters. The lowest BCUT2D eigenvalue weighted by Crippen LogP contribution is -2.15. The highest BCUT2D eigenvalue weighted by molar-refractivity contribution is 5.91. The second-order valence-corrected chi connectivity index (χ2v) is 8.95. The fourth-order valence-electron chi connectivity index (χ4n) is 4.87. The summed E-state index contributed by atoms with van der Waals surface area (Å²) >= 11 is 0. The molecule has 3 heterocycles. The molecule has 1 N–H and O–H groups in total. The van der Waals surface area contributed by atoms with Crippen molar-refractivity contribution in [1.82, 2.24) is 9.55 Å². The van der Waals surface area contributed by atoms with Crippen LogP contribution in [0.3, 0.4) is 0 Å². The van der Waals surface area contributed by atoms with Crippen molar-refractivity contribution < 1.29 is 24.2 Å². The maximum atomic E-state index is 12.7. The minimum atomic E-state index is -1.05. The molecule has 1 aliphatic heterocycles. The van der Waals surface area contributed by atoms with Crippen LogP contribution in [0.5, 0.6) is 0 Å². The van der Waals surface area contributed by atoms with Crippen molar-refractivity contribution in [3.05, 3.63) is 101 Å². The molecule has 7 nitrogen and oxygen atoms in total. The Kier molecular flexibility index (Phi) is 6.09. The normalized spacial score (nSPS) is 17.5. The number of carboxylic acid groups (broad SMARTS) is 1. The minimum Gasteiger partial charge on any atom is -0.478 e. The van der Waals surface area contributed by atoms with Gasteiger partial charge in [0, 0.05) is 41.9 Å². The van der Waals surface area contributed by atoms with Gasteiger partial charge in [-0.15, -0.1) is 0 Å². The highest BCUT2D eigenvalue weighted by atomic mass is 16.5. The smallest absolute Gasteiger partial charge is 0.338 e.